The Labute approximate surface area is 152 Å². The quantitative estimate of drug-likeness (QED) is 0.712. The molecule has 0 bridgehead atoms. The SMILES string of the molecule is CC(C)C(NC(=O)Cc1ccccc1)C(=O)Nc1ccc(C(=O)O)cc1. The highest BCUT2D eigenvalue weighted by molar-refractivity contribution is 5.98. The third-order valence-electron chi connectivity index (χ3n) is 3.87. The summed E-state index contributed by atoms with van der Waals surface area (Å²) in [6.07, 6.45) is 0.199. The number of benzene rings is 2. The first kappa shape index (κ1) is 19.2. The Balaban J connectivity index is 2.00. The summed E-state index contributed by atoms with van der Waals surface area (Å²) < 4.78 is 0. The molecule has 0 radical (unpaired) electrons. The molecule has 2 rings (SSSR count). The summed E-state index contributed by atoms with van der Waals surface area (Å²) in [5, 5.41) is 14.4. The predicted octanol–water partition coefficient (Wildman–Crippen LogP) is 2.71. The first-order valence-corrected chi connectivity index (χ1v) is 8.34. The number of hydrogen-bond donors (Lipinski definition) is 3. The van der Waals surface area contributed by atoms with Gasteiger partial charge in [0.05, 0.1) is 12.0 Å². The monoisotopic (exact) mass is 354 g/mol. The fourth-order valence-electron chi connectivity index (χ4n) is 2.46. The van der Waals surface area contributed by atoms with E-state index in [0.717, 1.165) is 5.56 Å². The summed E-state index contributed by atoms with van der Waals surface area (Å²) in [5.41, 5.74) is 1.49. The van der Waals surface area contributed by atoms with Crippen molar-refractivity contribution in [3.05, 3.63) is 65.7 Å². The molecule has 0 fully saturated rings. The first-order chi connectivity index (χ1) is 12.4. The molecule has 2 aromatic carbocycles. The van der Waals surface area contributed by atoms with Gasteiger partial charge in [-0.3, -0.25) is 9.59 Å². The van der Waals surface area contributed by atoms with Crippen LogP contribution in [-0.2, 0) is 16.0 Å². The van der Waals surface area contributed by atoms with Crippen molar-refractivity contribution in [3.8, 4) is 0 Å². The van der Waals surface area contributed by atoms with Gasteiger partial charge in [0.25, 0.3) is 0 Å². The Morgan fingerprint density at radius 1 is 0.962 bits per heavy atom. The van der Waals surface area contributed by atoms with E-state index in [9.17, 15) is 14.4 Å². The molecule has 26 heavy (non-hydrogen) atoms. The molecule has 0 aliphatic heterocycles. The number of aromatic carboxylic acids is 1. The summed E-state index contributed by atoms with van der Waals surface area (Å²) in [6.45, 7) is 3.70. The number of carboxylic acid groups (broad SMARTS) is 1. The molecule has 0 heterocycles. The molecule has 1 unspecified atom stereocenters. The lowest BCUT2D eigenvalue weighted by atomic mass is 10.0. The molecule has 2 aromatic rings. The fraction of sp³-hybridized carbons (Fsp3) is 0.250. The van der Waals surface area contributed by atoms with Crippen LogP contribution in [0.2, 0.25) is 0 Å². The molecule has 0 saturated heterocycles. The normalized spacial score (nSPS) is 11.7. The number of hydrogen-bond acceptors (Lipinski definition) is 3. The largest absolute Gasteiger partial charge is 0.478 e. The minimum atomic E-state index is -1.03. The molecular weight excluding hydrogens is 332 g/mol. The van der Waals surface area contributed by atoms with Gasteiger partial charge in [-0.15, -0.1) is 0 Å². The van der Waals surface area contributed by atoms with Crippen LogP contribution in [0, 0.1) is 5.92 Å². The van der Waals surface area contributed by atoms with E-state index in [0.29, 0.717) is 5.69 Å². The second kappa shape index (κ2) is 8.80. The van der Waals surface area contributed by atoms with Crippen LogP contribution < -0.4 is 10.6 Å². The average molecular weight is 354 g/mol. The van der Waals surface area contributed by atoms with Gasteiger partial charge in [-0.05, 0) is 35.7 Å². The van der Waals surface area contributed by atoms with Crippen molar-refractivity contribution >= 4 is 23.5 Å². The van der Waals surface area contributed by atoms with Crippen LogP contribution >= 0.6 is 0 Å². The van der Waals surface area contributed by atoms with Crippen LogP contribution in [0.3, 0.4) is 0 Å². The number of carbonyl (C=O) groups is 3. The Bertz CT molecular complexity index is 770. The highest BCUT2D eigenvalue weighted by atomic mass is 16.4. The van der Waals surface area contributed by atoms with Crippen molar-refractivity contribution in [2.75, 3.05) is 5.32 Å². The Hall–Kier alpha value is -3.15. The zero-order chi connectivity index (χ0) is 19.1. The van der Waals surface area contributed by atoms with E-state index in [4.69, 9.17) is 5.11 Å². The number of nitrogens with one attached hydrogen (secondary N) is 2. The minimum Gasteiger partial charge on any atom is -0.478 e. The maximum atomic E-state index is 12.5. The lowest BCUT2D eigenvalue weighted by Crippen LogP contribution is -2.47. The van der Waals surface area contributed by atoms with Crippen molar-refractivity contribution in [2.24, 2.45) is 5.92 Å². The van der Waals surface area contributed by atoms with Gasteiger partial charge in [-0.2, -0.15) is 0 Å². The van der Waals surface area contributed by atoms with Crippen LogP contribution in [0.4, 0.5) is 5.69 Å². The molecule has 6 heteroatoms. The Morgan fingerprint density at radius 3 is 2.12 bits per heavy atom. The van der Waals surface area contributed by atoms with Gasteiger partial charge in [0.1, 0.15) is 6.04 Å². The molecule has 0 aromatic heterocycles. The van der Waals surface area contributed by atoms with Crippen LogP contribution in [0.5, 0.6) is 0 Å². The second-order valence-electron chi connectivity index (χ2n) is 6.32. The fourth-order valence-corrected chi connectivity index (χ4v) is 2.46. The summed E-state index contributed by atoms with van der Waals surface area (Å²) in [7, 11) is 0. The van der Waals surface area contributed by atoms with Gasteiger partial charge in [-0.25, -0.2) is 4.79 Å². The molecule has 0 aliphatic rings. The van der Waals surface area contributed by atoms with Gasteiger partial charge in [-0.1, -0.05) is 44.2 Å². The van der Waals surface area contributed by atoms with Crippen molar-refractivity contribution in [1.29, 1.82) is 0 Å². The molecule has 6 nitrogen and oxygen atoms in total. The number of anilines is 1. The van der Waals surface area contributed by atoms with Crippen LogP contribution in [0.15, 0.2) is 54.6 Å². The molecule has 0 spiro atoms. The van der Waals surface area contributed by atoms with Crippen LogP contribution in [0.1, 0.15) is 29.8 Å². The molecule has 2 amide bonds. The molecule has 0 saturated carbocycles. The Kier molecular flexibility index (Phi) is 6.49. The topological polar surface area (TPSA) is 95.5 Å². The average Bonchev–Trinajstić information content (AvgIpc) is 2.60. The van der Waals surface area contributed by atoms with Gasteiger partial charge in [0, 0.05) is 5.69 Å². The van der Waals surface area contributed by atoms with E-state index >= 15 is 0 Å². The molecular formula is C20H22N2O4. The first-order valence-electron chi connectivity index (χ1n) is 8.34. The number of carbonyl (C=O) groups excluding carboxylic acids is 2. The lowest BCUT2D eigenvalue weighted by Gasteiger charge is -2.22. The third-order valence-corrected chi connectivity index (χ3v) is 3.87. The molecule has 1 atom stereocenters. The predicted molar refractivity (Wildman–Crippen MR) is 98.9 cm³/mol. The van der Waals surface area contributed by atoms with E-state index in [1.807, 2.05) is 44.2 Å². The number of carboxylic acids is 1. The molecule has 3 N–H and O–H groups in total. The summed E-state index contributed by atoms with van der Waals surface area (Å²) in [4.78, 5) is 35.6. The van der Waals surface area contributed by atoms with Gasteiger partial charge < -0.3 is 15.7 Å². The summed E-state index contributed by atoms with van der Waals surface area (Å²) in [6, 6.07) is 14.5. The van der Waals surface area contributed by atoms with Crippen LogP contribution in [0.25, 0.3) is 0 Å². The van der Waals surface area contributed by atoms with Crippen molar-refractivity contribution in [3.63, 3.8) is 0 Å². The third kappa shape index (κ3) is 5.44. The maximum absolute atomic E-state index is 12.5. The van der Waals surface area contributed by atoms with E-state index < -0.39 is 12.0 Å². The molecule has 136 valence electrons. The van der Waals surface area contributed by atoms with Crippen molar-refractivity contribution < 1.29 is 19.5 Å². The summed E-state index contributed by atoms with van der Waals surface area (Å²) >= 11 is 0. The van der Waals surface area contributed by atoms with E-state index in [1.54, 1.807) is 0 Å². The van der Waals surface area contributed by atoms with Gasteiger partial charge in [0.15, 0.2) is 0 Å². The van der Waals surface area contributed by atoms with Gasteiger partial charge >= 0.3 is 5.97 Å². The minimum absolute atomic E-state index is 0.104. The summed E-state index contributed by atoms with van der Waals surface area (Å²) in [5.74, 6) is -1.71. The zero-order valence-corrected chi connectivity index (χ0v) is 14.7. The maximum Gasteiger partial charge on any atom is 0.335 e. The van der Waals surface area contributed by atoms with E-state index in [-0.39, 0.29) is 29.7 Å². The van der Waals surface area contributed by atoms with Crippen molar-refractivity contribution in [2.45, 2.75) is 26.3 Å². The number of rotatable bonds is 7. The van der Waals surface area contributed by atoms with E-state index in [1.165, 1.54) is 24.3 Å². The second-order valence-corrected chi connectivity index (χ2v) is 6.32. The van der Waals surface area contributed by atoms with Gasteiger partial charge in [0.2, 0.25) is 11.8 Å². The number of amides is 2. The lowest BCUT2D eigenvalue weighted by molar-refractivity contribution is -0.127. The van der Waals surface area contributed by atoms with Crippen LogP contribution in [-0.4, -0.2) is 28.9 Å². The molecule has 0 aliphatic carbocycles. The van der Waals surface area contributed by atoms with Crippen molar-refractivity contribution in [1.82, 2.24) is 5.32 Å². The standard InChI is InChI=1S/C20H22N2O4/c1-13(2)18(22-17(23)12-14-6-4-3-5-7-14)19(24)21-16-10-8-15(9-11-16)20(25)26/h3-11,13,18H,12H2,1-2H3,(H,21,24)(H,22,23)(H,25,26). The highest BCUT2D eigenvalue weighted by Gasteiger charge is 2.24. The zero-order valence-electron chi connectivity index (χ0n) is 14.7. The smallest absolute Gasteiger partial charge is 0.335 e. The van der Waals surface area contributed by atoms with E-state index in [2.05, 4.69) is 10.6 Å². The highest BCUT2D eigenvalue weighted by Crippen LogP contribution is 2.12. The Morgan fingerprint density at radius 2 is 1.58 bits per heavy atom.